The number of hydrogen-bond donors (Lipinski definition) is 1. The van der Waals surface area contributed by atoms with E-state index >= 15 is 0 Å². The molecule has 6 nitrogen and oxygen atoms in total. The van der Waals surface area contributed by atoms with Gasteiger partial charge in [0, 0.05) is 23.3 Å². The Hall–Kier alpha value is -2.73. The Morgan fingerprint density at radius 3 is 2.25 bits per heavy atom. The summed E-state index contributed by atoms with van der Waals surface area (Å²) in [6, 6.07) is 16.2. The fourth-order valence-electron chi connectivity index (χ4n) is 3.00. The van der Waals surface area contributed by atoms with Crippen LogP contribution in [0, 0.1) is 10.1 Å². The molecule has 6 heteroatoms. The van der Waals surface area contributed by atoms with Crippen LogP contribution in [0.5, 0.6) is 0 Å². The summed E-state index contributed by atoms with van der Waals surface area (Å²) in [7, 11) is 0. The molecule has 1 heterocycles. The zero-order chi connectivity index (χ0) is 16.9. The maximum atomic E-state index is 12.5. The standard InChI is InChI=1S/C18H19N3O3/c22-18(16-6-8-17(9-7-16)21(23)24)20-12-10-19(11-13-20)14-15-4-2-1-3-5-15/h1-9H,10-14H2/p+1. The highest BCUT2D eigenvalue weighted by Crippen LogP contribution is 2.13. The van der Waals surface area contributed by atoms with Gasteiger partial charge >= 0.3 is 0 Å². The molecule has 1 saturated heterocycles. The van der Waals surface area contributed by atoms with Crippen LogP contribution in [0.25, 0.3) is 0 Å². The smallest absolute Gasteiger partial charge is 0.269 e. The first kappa shape index (κ1) is 16.1. The Morgan fingerprint density at radius 2 is 1.67 bits per heavy atom. The summed E-state index contributed by atoms with van der Waals surface area (Å²) >= 11 is 0. The van der Waals surface area contributed by atoms with Gasteiger partial charge in [-0.25, -0.2) is 0 Å². The first-order chi connectivity index (χ1) is 11.6. The Balaban J connectivity index is 1.56. The first-order valence-corrected chi connectivity index (χ1v) is 8.05. The van der Waals surface area contributed by atoms with Crippen molar-refractivity contribution in [1.82, 2.24) is 4.90 Å². The van der Waals surface area contributed by atoms with E-state index in [4.69, 9.17) is 0 Å². The number of piperazine rings is 1. The molecule has 0 bridgehead atoms. The summed E-state index contributed by atoms with van der Waals surface area (Å²) in [6.07, 6.45) is 0. The summed E-state index contributed by atoms with van der Waals surface area (Å²) in [6.45, 7) is 4.21. The predicted octanol–water partition coefficient (Wildman–Crippen LogP) is 1.14. The SMILES string of the molecule is O=C(c1ccc([N+](=O)[O-])cc1)N1CC[NH+](Cc2ccccc2)CC1. The molecule has 2 aromatic rings. The van der Waals surface area contributed by atoms with Crippen molar-refractivity contribution in [2.24, 2.45) is 0 Å². The summed E-state index contributed by atoms with van der Waals surface area (Å²) in [5, 5.41) is 10.7. The topological polar surface area (TPSA) is 67.9 Å². The van der Waals surface area contributed by atoms with Gasteiger partial charge in [-0.2, -0.15) is 0 Å². The molecule has 0 atom stereocenters. The molecule has 1 aliphatic rings. The van der Waals surface area contributed by atoms with E-state index in [2.05, 4.69) is 12.1 Å². The maximum absolute atomic E-state index is 12.5. The minimum atomic E-state index is -0.458. The van der Waals surface area contributed by atoms with E-state index in [0.29, 0.717) is 18.7 Å². The minimum absolute atomic E-state index is 0.00340. The predicted molar refractivity (Wildman–Crippen MR) is 89.8 cm³/mol. The van der Waals surface area contributed by atoms with Crippen molar-refractivity contribution >= 4 is 11.6 Å². The summed E-state index contributed by atoms with van der Waals surface area (Å²) in [5.41, 5.74) is 1.82. The summed E-state index contributed by atoms with van der Waals surface area (Å²) in [5.74, 6) is -0.0522. The number of nitrogens with one attached hydrogen (secondary N) is 1. The van der Waals surface area contributed by atoms with Crippen LogP contribution in [0.15, 0.2) is 54.6 Å². The second kappa shape index (κ2) is 7.23. The van der Waals surface area contributed by atoms with Crippen molar-refractivity contribution < 1.29 is 14.6 Å². The van der Waals surface area contributed by atoms with Gasteiger partial charge in [-0.3, -0.25) is 14.9 Å². The van der Waals surface area contributed by atoms with Gasteiger partial charge in [-0.15, -0.1) is 0 Å². The molecule has 2 aromatic carbocycles. The highest BCUT2D eigenvalue weighted by atomic mass is 16.6. The molecule has 0 aliphatic carbocycles. The van der Waals surface area contributed by atoms with Crippen molar-refractivity contribution in [2.45, 2.75) is 6.54 Å². The molecule has 0 unspecified atom stereocenters. The normalized spacial score (nSPS) is 15.2. The number of nitro groups is 1. The van der Waals surface area contributed by atoms with Crippen molar-refractivity contribution in [3.63, 3.8) is 0 Å². The van der Waals surface area contributed by atoms with Crippen LogP contribution in [0.3, 0.4) is 0 Å². The lowest BCUT2D eigenvalue weighted by molar-refractivity contribution is -0.917. The van der Waals surface area contributed by atoms with Gasteiger partial charge in [-0.05, 0) is 12.1 Å². The zero-order valence-electron chi connectivity index (χ0n) is 13.4. The molecule has 0 radical (unpaired) electrons. The molecule has 1 aliphatic heterocycles. The molecular weight excluding hydrogens is 306 g/mol. The van der Waals surface area contributed by atoms with Crippen molar-refractivity contribution in [2.75, 3.05) is 26.2 Å². The van der Waals surface area contributed by atoms with E-state index in [9.17, 15) is 14.9 Å². The van der Waals surface area contributed by atoms with Crippen LogP contribution < -0.4 is 4.90 Å². The van der Waals surface area contributed by atoms with Crippen LogP contribution in [0.1, 0.15) is 15.9 Å². The van der Waals surface area contributed by atoms with E-state index in [0.717, 1.165) is 19.6 Å². The summed E-state index contributed by atoms with van der Waals surface area (Å²) in [4.78, 5) is 26.0. The van der Waals surface area contributed by atoms with Gasteiger partial charge < -0.3 is 9.80 Å². The number of amides is 1. The Kier molecular flexibility index (Phi) is 4.86. The molecule has 1 amide bonds. The number of nitrogens with zero attached hydrogens (tertiary/aromatic N) is 2. The van der Waals surface area contributed by atoms with E-state index in [1.807, 2.05) is 23.1 Å². The average Bonchev–Trinajstić information content (AvgIpc) is 2.63. The number of quaternary nitrogens is 1. The lowest BCUT2D eigenvalue weighted by atomic mass is 10.1. The quantitative estimate of drug-likeness (QED) is 0.677. The molecule has 3 rings (SSSR count). The third-order valence-electron chi connectivity index (χ3n) is 4.38. The van der Waals surface area contributed by atoms with Crippen LogP contribution >= 0.6 is 0 Å². The van der Waals surface area contributed by atoms with Crippen LogP contribution in [0.2, 0.25) is 0 Å². The second-order valence-corrected chi connectivity index (χ2v) is 6.01. The summed E-state index contributed by atoms with van der Waals surface area (Å²) < 4.78 is 0. The number of non-ortho nitro benzene ring substituents is 1. The van der Waals surface area contributed by atoms with Gasteiger partial charge in [0.2, 0.25) is 0 Å². The van der Waals surface area contributed by atoms with Gasteiger partial charge in [0.1, 0.15) is 6.54 Å². The highest BCUT2D eigenvalue weighted by molar-refractivity contribution is 5.94. The molecule has 124 valence electrons. The lowest BCUT2D eigenvalue weighted by Crippen LogP contribution is -3.13. The second-order valence-electron chi connectivity index (χ2n) is 6.01. The zero-order valence-corrected chi connectivity index (χ0v) is 13.4. The fourth-order valence-corrected chi connectivity index (χ4v) is 3.00. The van der Waals surface area contributed by atoms with Crippen molar-refractivity contribution in [3.8, 4) is 0 Å². The van der Waals surface area contributed by atoms with Crippen LogP contribution in [-0.2, 0) is 6.54 Å². The van der Waals surface area contributed by atoms with Crippen molar-refractivity contribution in [1.29, 1.82) is 0 Å². The molecule has 0 saturated carbocycles. The highest BCUT2D eigenvalue weighted by Gasteiger charge is 2.24. The lowest BCUT2D eigenvalue weighted by Gasteiger charge is -2.32. The van der Waals surface area contributed by atoms with E-state index in [1.54, 1.807) is 0 Å². The molecule has 1 N–H and O–H groups in total. The molecule has 0 aromatic heterocycles. The van der Waals surface area contributed by atoms with Gasteiger partial charge in [0.15, 0.2) is 0 Å². The van der Waals surface area contributed by atoms with Gasteiger partial charge in [-0.1, -0.05) is 30.3 Å². The van der Waals surface area contributed by atoms with E-state index in [-0.39, 0.29) is 11.6 Å². The molecule has 0 spiro atoms. The van der Waals surface area contributed by atoms with Gasteiger partial charge in [0.05, 0.1) is 31.1 Å². The Bertz CT molecular complexity index is 708. The number of benzene rings is 2. The number of rotatable bonds is 4. The molecule has 24 heavy (non-hydrogen) atoms. The fraction of sp³-hybridized carbons (Fsp3) is 0.278. The number of carbonyl (C=O) groups excluding carboxylic acids is 1. The third-order valence-corrected chi connectivity index (χ3v) is 4.38. The third kappa shape index (κ3) is 3.78. The van der Waals surface area contributed by atoms with Gasteiger partial charge in [0.25, 0.3) is 11.6 Å². The Labute approximate surface area is 140 Å². The monoisotopic (exact) mass is 326 g/mol. The van der Waals surface area contributed by atoms with Crippen LogP contribution in [-0.4, -0.2) is 41.9 Å². The largest absolute Gasteiger partial charge is 0.328 e. The molecule has 1 fully saturated rings. The number of hydrogen-bond acceptors (Lipinski definition) is 3. The van der Waals surface area contributed by atoms with E-state index in [1.165, 1.54) is 34.7 Å². The Morgan fingerprint density at radius 1 is 1.04 bits per heavy atom. The minimum Gasteiger partial charge on any atom is -0.328 e. The number of carbonyl (C=O) groups is 1. The molecular formula is C18H20N3O3+. The van der Waals surface area contributed by atoms with E-state index < -0.39 is 4.92 Å². The number of nitro benzene ring substituents is 1. The first-order valence-electron chi connectivity index (χ1n) is 8.05. The van der Waals surface area contributed by atoms with Crippen molar-refractivity contribution in [3.05, 3.63) is 75.8 Å². The average molecular weight is 326 g/mol. The maximum Gasteiger partial charge on any atom is 0.269 e. The van der Waals surface area contributed by atoms with Crippen LogP contribution in [0.4, 0.5) is 5.69 Å².